The van der Waals surface area contributed by atoms with E-state index >= 15 is 0 Å². The van der Waals surface area contributed by atoms with E-state index < -0.39 is 29.3 Å². The third-order valence-corrected chi connectivity index (χ3v) is 5.05. The summed E-state index contributed by atoms with van der Waals surface area (Å²) >= 11 is 0. The minimum Gasteiger partial charge on any atom is -0.445 e. The van der Waals surface area contributed by atoms with Crippen molar-refractivity contribution in [2.75, 3.05) is 6.54 Å². The fraction of sp³-hybridized carbons (Fsp3) is 0.391. The van der Waals surface area contributed by atoms with Gasteiger partial charge in [0.2, 0.25) is 0 Å². The largest absolute Gasteiger partial charge is 0.445 e. The Morgan fingerprint density at radius 1 is 1.00 bits per heavy atom. The molecule has 0 bridgehead atoms. The molecule has 0 radical (unpaired) electrons. The van der Waals surface area contributed by atoms with Crippen molar-refractivity contribution >= 4 is 12.2 Å². The van der Waals surface area contributed by atoms with Gasteiger partial charge in [-0.1, -0.05) is 81.4 Å². The molecule has 4 N–H and O–H groups in total. The Balaban J connectivity index is 2.12. The van der Waals surface area contributed by atoms with E-state index in [-0.39, 0.29) is 19.6 Å². The number of nitrogens with two attached hydrogens (primary N) is 1. The normalized spacial score (nSPS) is 14.3. The Kier molecular flexibility index (Phi) is 7.83. The first kappa shape index (κ1) is 23.2. The lowest BCUT2D eigenvalue weighted by Gasteiger charge is -2.46. The molecule has 30 heavy (non-hydrogen) atoms. The number of rotatable bonds is 8. The summed E-state index contributed by atoms with van der Waals surface area (Å²) < 4.78 is 10.7. The summed E-state index contributed by atoms with van der Waals surface area (Å²) in [4.78, 5) is 23.8. The molecule has 2 atom stereocenters. The molecule has 162 valence electrons. The molecular weight excluding hydrogens is 384 g/mol. The van der Waals surface area contributed by atoms with Gasteiger partial charge in [0.1, 0.15) is 12.7 Å². The van der Waals surface area contributed by atoms with E-state index in [9.17, 15) is 14.7 Å². The van der Waals surface area contributed by atoms with E-state index in [4.69, 9.17) is 15.2 Å². The fourth-order valence-corrected chi connectivity index (χ4v) is 3.34. The highest BCUT2D eigenvalue weighted by Crippen LogP contribution is 2.40. The standard InChI is InChI=1S/C23H30N2O5/c1-22(2,3)23(30-20(24)27,14-17-10-6-4-7-11-17)19(26)15-25-21(28)29-16-18-12-8-5-9-13-18/h4-13,19,26H,14-16H2,1-3H3,(H2,24,27)(H,25,28)/t19-,23-/m1/s1. The topological polar surface area (TPSA) is 111 Å². The molecule has 0 aromatic heterocycles. The Morgan fingerprint density at radius 3 is 2.03 bits per heavy atom. The van der Waals surface area contributed by atoms with Crippen LogP contribution in [0.3, 0.4) is 0 Å². The van der Waals surface area contributed by atoms with Crippen LogP contribution >= 0.6 is 0 Å². The summed E-state index contributed by atoms with van der Waals surface area (Å²) in [5.74, 6) is 0. The van der Waals surface area contributed by atoms with Crippen molar-refractivity contribution in [3.63, 3.8) is 0 Å². The van der Waals surface area contributed by atoms with Crippen molar-refractivity contribution in [2.24, 2.45) is 11.1 Å². The minimum atomic E-state index is -1.37. The molecule has 2 rings (SSSR count). The van der Waals surface area contributed by atoms with Gasteiger partial charge in [-0.15, -0.1) is 0 Å². The van der Waals surface area contributed by atoms with Crippen molar-refractivity contribution < 1.29 is 24.2 Å². The van der Waals surface area contributed by atoms with Gasteiger partial charge in [-0.3, -0.25) is 0 Å². The summed E-state index contributed by atoms with van der Waals surface area (Å²) in [6.07, 6.45) is -2.68. The monoisotopic (exact) mass is 414 g/mol. The van der Waals surface area contributed by atoms with E-state index in [2.05, 4.69) is 5.32 Å². The highest BCUT2D eigenvalue weighted by molar-refractivity contribution is 5.67. The second kappa shape index (κ2) is 10.1. The van der Waals surface area contributed by atoms with E-state index in [0.717, 1.165) is 11.1 Å². The molecule has 0 aliphatic carbocycles. The van der Waals surface area contributed by atoms with Gasteiger partial charge in [-0.05, 0) is 11.1 Å². The van der Waals surface area contributed by atoms with Gasteiger partial charge in [0.05, 0.1) is 6.54 Å². The van der Waals surface area contributed by atoms with E-state index in [1.54, 1.807) is 0 Å². The smallest absolute Gasteiger partial charge is 0.407 e. The summed E-state index contributed by atoms with van der Waals surface area (Å²) in [5, 5.41) is 13.6. The number of aliphatic hydroxyl groups is 1. The Bertz CT molecular complexity index is 820. The molecule has 0 fully saturated rings. The lowest BCUT2D eigenvalue weighted by molar-refractivity contribution is -0.140. The first-order chi connectivity index (χ1) is 14.1. The molecule has 0 aliphatic heterocycles. The third-order valence-electron chi connectivity index (χ3n) is 5.05. The van der Waals surface area contributed by atoms with Crippen LogP contribution in [0, 0.1) is 5.41 Å². The van der Waals surface area contributed by atoms with Gasteiger partial charge in [0, 0.05) is 11.8 Å². The number of ether oxygens (including phenoxy) is 2. The van der Waals surface area contributed by atoms with Crippen molar-refractivity contribution in [1.82, 2.24) is 5.32 Å². The van der Waals surface area contributed by atoms with E-state index in [1.165, 1.54) is 0 Å². The zero-order chi connectivity index (χ0) is 22.2. The number of nitrogens with one attached hydrogen (secondary N) is 1. The molecule has 7 nitrogen and oxygen atoms in total. The van der Waals surface area contributed by atoms with E-state index in [0.29, 0.717) is 0 Å². The van der Waals surface area contributed by atoms with Crippen LogP contribution in [0.1, 0.15) is 31.9 Å². The maximum atomic E-state index is 12.1. The molecule has 2 aromatic carbocycles. The van der Waals surface area contributed by atoms with Gasteiger partial charge in [-0.2, -0.15) is 0 Å². The van der Waals surface area contributed by atoms with Gasteiger partial charge in [0.25, 0.3) is 0 Å². The maximum Gasteiger partial charge on any atom is 0.407 e. The van der Waals surface area contributed by atoms with Gasteiger partial charge in [-0.25, -0.2) is 9.59 Å². The predicted octanol–water partition coefficient (Wildman–Crippen LogP) is 3.40. The molecule has 0 saturated heterocycles. The van der Waals surface area contributed by atoms with Crippen LogP contribution in [0.25, 0.3) is 0 Å². The van der Waals surface area contributed by atoms with Gasteiger partial charge in [0.15, 0.2) is 5.60 Å². The van der Waals surface area contributed by atoms with Crippen LogP contribution in [0.15, 0.2) is 60.7 Å². The van der Waals surface area contributed by atoms with Crippen LogP contribution in [0.2, 0.25) is 0 Å². The average molecular weight is 415 g/mol. The zero-order valence-corrected chi connectivity index (χ0v) is 17.6. The lowest BCUT2D eigenvalue weighted by Crippen LogP contribution is -2.61. The van der Waals surface area contributed by atoms with Crippen molar-refractivity contribution in [1.29, 1.82) is 0 Å². The summed E-state index contributed by atoms with van der Waals surface area (Å²) in [6.45, 7) is 5.46. The van der Waals surface area contributed by atoms with Crippen molar-refractivity contribution in [3.8, 4) is 0 Å². The number of aliphatic hydroxyl groups excluding tert-OH is 1. The number of carbonyl (C=O) groups excluding carboxylic acids is 2. The summed E-state index contributed by atoms with van der Waals surface area (Å²) in [5.41, 5.74) is 5.00. The molecular formula is C23H30N2O5. The predicted molar refractivity (Wildman–Crippen MR) is 114 cm³/mol. The quantitative estimate of drug-likeness (QED) is 0.613. The fourth-order valence-electron chi connectivity index (χ4n) is 3.34. The summed E-state index contributed by atoms with van der Waals surface area (Å²) in [7, 11) is 0. The number of primary amides is 1. The van der Waals surface area contributed by atoms with Gasteiger partial charge < -0.3 is 25.6 Å². The summed E-state index contributed by atoms with van der Waals surface area (Å²) in [6, 6.07) is 18.6. The molecule has 2 aromatic rings. The van der Waals surface area contributed by atoms with Crippen LogP contribution < -0.4 is 11.1 Å². The Morgan fingerprint density at radius 2 is 1.53 bits per heavy atom. The Labute approximate surface area is 177 Å². The van der Waals surface area contributed by atoms with Gasteiger partial charge >= 0.3 is 12.2 Å². The third kappa shape index (κ3) is 6.22. The number of amides is 2. The second-order valence-corrected chi connectivity index (χ2v) is 8.18. The molecule has 0 heterocycles. The minimum absolute atomic E-state index is 0.106. The molecule has 0 unspecified atom stereocenters. The van der Waals surface area contributed by atoms with Crippen molar-refractivity contribution in [2.45, 2.75) is 45.5 Å². The second-order valence-electron chi connectivity index (χ2n) is 8.18. The van der Waals surface area contributed by atoms with Crippen LogP contribution in [-0.4, -0.2) is 35.5 Å². The first-order valence-electron chi connectivity index (χ1n) is 9.79. The Hall–Kier alpha value is -3.06. The molecule has 0 spiro atoms. The highest BCUT2D eigenvalue weighted by atomic mass is 16.6. The number of benzene rings is 2. The number of carbonyl (C=O) groups is 2. The molecule has 0 saturated carbocycles. The molecule has 7 heteroatoms. The highest BCUT2D eigenvalue weighted by Gasteiger charge is 2.51. The van der Waals surface area contributed by atoms with Crippen LogP contribution in [0.5, 0.6) is 0 Å². The van der Waals surface area contributed by atoms with Crippen LogP contribution in [-0.2, 0) is 22.5 Å². The maximum absolute atomic E-state index is 12.1. The van der Waals surface area contributed by atoms with Crippen molar-refractivity contribution in [3.05, 3.63) is 71.8 Å². The average Bonchev–Trinajstić information content (AvgIpc) is 2.70. The number of alkyl carbamates (subject to hydrolysis) is 1. The molecule has 0 aliphatic rings. The molecule has 2 amide bonds. The lowest BCUT2D eigenvalue weighted by atomic mass is 9.69. The van der Waals surface area contributed by atoms with E-state index in [1.807, 2.05) is 81.4 Å². The first-order valence-corrected chi connectivity index (χ1v) is 9.79. The number of hydrogen-bond donors (Lipinski definition) is 3. The SMILES string of the molecule is CC(C)(C)[C@](Cc1ccccc1)(OC(N)=O)[C@H](O)CNC(=O)OCc1ccccc1. The van der Waals surface area contributed by atoms with Crippen LogP contribution in [0.4, 0.5) is 9.59 Å². The number of hydrogen-bond acceptors (Lipinski definition) is 5. The zero-order valence-electron chi connectivity index (χ0n) is 17.6.